The molecule has 1 saturated heterocycles. The van der Waals surface area contributed by atoms with Crippen molar-refractivity contribution < 1.29 is 18.7 Å². The molecule has 1 fully saturated rings. The Balaban J connectivity index is 1.66. The highest BCUT2D eigenvalue weighted by Gasteiger charge is 2.31. The third-order valence-corrected chi connectivity index (χ3v) is 5.03. The molecule has 3 aromatic rings. The highest BCUT2D eigenvalue weighted by atomic mass is 16.5. The van der Waals surface area contributed by atoms with Gasteiger partial charge in [0, 0.05) is 19.2 Å². The summed E-state index contributed by atoms with van der Waals surface area (Å²) in [6.45, 7) is 3.09. The first kappa shape index (κ1) is 19.0. The van der Waals surface area contributed by atoms with Gasteiger partial charge in [-0.1, -0.05) is 18.2 Å². The van der Waals surface area contributed by atoms with Gasteiger partial charge in [-0.25, -0.2) is 4.68 Å². The van der Waals surface area contributed by atoms with Crippen molar-refractivity contribution in [2.75, 3.05) is 19.7 Å². The van der Waals surface area contributed by atoms with E-state index in [-0.39, 0.29) is 17.8 Å². The predicted molar refractivity (Wildman–Crippen MR) is 107 cm³/mol. The molecule has 1 aliphatic rings. The molecular weight excluding hydrogens is 370 g/mol. The number of amides is 1. The highest BCUT2D eigenvalue weighted by molar-refractivity contribution is 5.94. The van der Waals surface area contributed by atoms with Gasteiger partial charge in [0.05, 0.1) is 24.5 Å². The summed E-state index contributed by atoms with van der Waals surface area (Å²) in [6, 6.07) is 14.8. The van der Waals surface area contributed by atoms with Gasteiger partial charge in [-0.05, 0) is 44.0 Å². The average Bonchev–Trinajstić information content (AvgIpc) is 3.44. The summed E-state index contributed by atoms with van der Waals surface area (Å²) < 4.78 is 12.2. The monoisotopic (exact) mass is 393 g/mol. The Morgan fingerprint density at radius 3 is 2.76 bits per heavy atom. The van der Waals surface area contributed by atoms with Crippen LogP contribution in [0.4, 0.5) is 0 Å². The number of hydrogen-bond donors (Lipinski definition) is 0. The van der Waals surface area contributed by atoms with Gasteiger partial charge >= 0.3 is 5.97 Å². The number of benzene rings is 1. The lowest BCUT2D eigenvalue weighted by Gasteiger charge is -2.31. The van der Waals surface area contributed by atoms with Gasteiger partial charge in [0.1, 0.15) is 11.4 Å². The number of ether oxygens (including phenoxy) is 1. The summed E-state index contributed by atoms with van der Waals surface area (Å²) in [5.74, 6) is -0.0898. The van der Waals surface area contributed by atoms with E-state index in [1.54, 1.807) is 34.9 Å². The predicted octanol–water partition coefficient (Wildman–Crippen LogP) is 3.55. The number of aromatic nitrogens is 2. The number of carbonyl (C=O) groups is 2. The number of hydrogen-bond acceptors (Lipinski definition) is 5. The minimum absolute atomic E-state index is 0.159. The Bertz CT molecular complexity index is 979. The number of piperidine rings is 1. The normalized spacial score (nSPS) is 16.6. The summed E-state index contributed by atoms with van der Waals surface area (Å²) in [5.41, 5.74) is 1.81. The Labute approximate surface area is 168 Å². The SMILES string of the molecule is CCOC(=O)C1CCCN(C(=O)c2cc(-c3ccco3)nn2-c2ccccc2)C1. The number of likely N-dealkylation sites (tertiary alicyclic amines) is 1. The van der Waals surface area contributed by atoms with Crippen LogP contribution in [0.3, 0.4) is 0 Å². The van der Waals surface area contributed by atoms with Crippen LogP contribution < -0.4 is 0 Å². The molecule has 3 heterocycles. The summed E-state index contributed by atoms with van der Waals surface area (Å²) in [4.78, 5) is 27.3. The van der Waals surface area contributed by atoms with Crippen molar-refractivity contribution >= 4 is 11.9 Å². The van der Waals surface area contributed by atoms with Gasteiger partial charge in [0.2, 0.25) is 0 Å². The zero-order chi connectivity index (χ0) is 20.2. The van der Waals surface area contributed by atoms with E-state index in [1.807, 2.05) is 36.4 Å². The van der Waals surface area contributed by atoms with E-state index in [0.717, 1.165) is 18.5 Å². The van der Waals surface area contributed by atoms with E-state index < -0.39 is 0 Å². The van der Waals surface area contributed by atoms with Crippen LogP contribution in [0.2, 0.25) is 0 Å². The second-order valence-corrected chi connectivity index (χ2v) is 6.98. The fraction of sp³-hybridized carbons (Fsp3) is 0.318. The van der Waals surface area contributed by atoms with Gasteiger partial charge in [-0.15, -0.1) is 0 Å². The molecule has 150 valence electrons. The molecule has 2 aromatic heterocycles. The molecule has 1 aromatic carbocycles. The maximum Gasteiger partial charge on any atom is 0.310 e. The molecule has 1 unspecified atom stereocenters. The lowest BCUT2D eigenvalue weighted by Crippen LogP contribution is -2.43. The topological polar surface area (TPSA) is 77.6 Å². The van der Waals surface area contributed by atoms with Crippen molar-refractivity contribution in [3.8, 4) is 17.1 Å². The molecule has 7 nitrogen and oxygen atoms in total. The largest absolute Gasteiger partial charge is 0.466 e. The van der Waals surface area contributed by atoms with Gasteiger partial charge in [-0.2, -0.15) is 5.10 Å². The molecule has 0 spiro atoms. The van der Waals surface area contributed by atoms with Crippen LogP contribution in [-0.2, 0) is 9.53 Å². The summed E-state index contributed by atoms with van der Waals surface area (Å²) >= 11 is 0. The maximum absolute atomic E-state index is 13.4. The fourth-order valence-corrected chi connectivity index (χ4v) is 3.62. The first-order valence-corrected chi connectivity index (χ1v) is 9.82. The molecule has 0 saturated carbocycles. The van der Waals surface area contributed by atoms with E-state index in [2.05, 4.69) is 5.10 Å². The molecule has 1 atom stereocenters. The summed E-state index contributed by atoms with van der Waals surface area (Å²) in [5, 5.41) is 4.61. The zero-order valence-corrected chi connectivity index (χ0v) is 16.3. The highest BCUT2D eigenvalue weighted by Crippen LogP contribution is 2.25. The van der Waals surface area contributed by atoms with Crippen LogP contribution in [0.5, 0.6) is 0 Å². The summed E-state index contributed by atoms with van der Waals surface area (Å²) in [6.07, 6.45) is 3.07. The standard InChI is InChI=1S/C22H23N3O4/c1-2-28-22(27)16-8-6-12-24(15-16)21(26)19-14-18(20-11-7-13-29-20)23-25(19)17-9-4-3-5-10-17/h3-5,7,9-11,13-14,16H,2,6,8,12,15H2,1H3. The number of rotatable bonds is 5. The zero-order valence-electron chi connectivity index (χ0n) is 16.3. The van der Waals surface area contributed by atoms with Gasteiger partial charge in [-0.3, -0.25) is 9.59 Å². The second kappa shape index (κ2) is 8.34. The first-order valence-electron chi connectivity index (χ1n) is 9.82. The van der Waals surface area contributed by atoms with E-state index in [1.165, 1.54) is 0 Å². The maximum atomic E-state index is 13.4. The Kier molecular flexibility index (Phi) is 5.46. The van der Waals surface area contributed by atoms with Gasteiger partial charge < -0.3 is 14.1 Å². The number of furan rings is 1. The van der Waals surface area contributed by atoms with Crippen molar-refractivity contribution in [1.82, 2.24) is 14.7 Å². The molecule has 0 radical (unpaired) electrons. The third-order valence-electron chi connectivity index (χ3n) is 5.03. The molecule has 1 amide bonds. The fourth-order valence-electron chi connectivity index (χ4n) is 3.62. The number of nitrogens with zero attached hydrogens (tertiary/aromatic N) is 3. The Morgan fingerprint density at radius 2 is 2.03 bits per heavy atom. The lowest BCUT2D eigenvalue weighted by molar-refractivity contribution is -0.149. The van der Waals surface area contributed by atoms with Crippen LogP contribution in [0.15, 0.2) is 59.2 Å². The van der Waals surface area contributed by atoms with Gasteiger partial charge in [0.25, 0.3) is 5.91 Å². The van der Waals surface area contributed by atoms with Crippen molar-refractivity contribution in [3.05, 3.63) is 60.5 Å². The van der Waals surface area contributed by atoms with E-state index in [0.29, 0.717) is 36.8 Å². The molecule has 29 heavy (non-hydrogen) atoms. The molecule has 1 aliphatic heterocycles. The minimum Gasteiger partial charge on any atom is -0.466 e. The van der Waals surface area contributed by atoms with Crippen LogP contribution in [-0.4, -0.2) is 46.3 Å². The van der Waals surface area contributed by atoms with Crippen molar-refractivity contribution in [3.63, 3.8) is 0 Å². The number of esters is 1. The van der Waals surface area contributed by atoms with Crippen LogP contribution in [0, 0.1) is 5.92 Å². The molecular formula is C22H23N3O4. The number of carbonyl (C=O) groups excluding carboxylic acids is 2. The van der Waals surface area contributed by atoms with E-state index in [4.69, 9.17) is 9.15 Å². The molecule has 0 N–H and O–H groups in total. The van der Waals surface area contributed by atoms with Crippen LogP contribution in [0.25, 0.3) is 17.1 Å². The van der Waals surface area contributed by atoms with Crippen molar-refractivity contribution in [2.24, 2.45) is 5.92 Å². The molecule has 7 heteroatoms. The average molecular weight is 393 g/mol. The van der Waals surface area contributed by atoms with Crippen molar-refractivity contribution in [1.29, 1.82) is 0 Å². The Morgan fingerprint density at radius 1 is 1.21 bits per heavy atom. The minimum atomic E-state index is -0.287. The first-order chi connectivity index (χ1) is 14.2. The molecule has 0 aliphatic carbocycles. The molecule has 0 bridgehead atoms. The molecule has 4 rings (SSSR count). The van der Waals surface area contributed by atoms with Crippen LogP contribution in [0.1, 0.15) is 30.3 Å². The summed E-state index contributed by atoms with van der Waals surface area (Å²) in [7, 11) is 0. The van der Waals surface area contributed by atoms with E-state index >= 15 is 0 Å². The van der Waals surface area contributed by atoms with Gasteiger partial charge in [0.15, 0.2) is 5.76 Å². The second-order valence-electron chi connectivity index (χ2n) is 6.98. The van der Waals surface area contributed by atoms with Crippen LogP contribution >= 0.6 is 0 Å². The quantitative estimate of drug-likeness (QED) is 0.620. The van der Waals surface area contributed by atoms with Crippen molar-refractivity contribution in [2.45, 2.75) is 19.8 Å². The lowest BCUT2D eigenvalue weighted by atomic mass is 9.98. The van der Waals surface area contributed by atoms with E-state index in [9.17, 15) is 9.59 Å². The number of para-hydroxylation sites is 1. The smallest absolute Gasteiger partial charge is 0.310 e. The Hall–Kier alpha value is -3.35. The third kappa shape index (κ3) is 3.94.